The maximum atomic E-state index is 9.12. The SMILES string of the molecule is CC(C)(C#Cc1cccc(CO)c1)OC1CCCCO1. The molecule has 1 saturated heterocycles. The van der Waals surface area contributed by atoms with Crippen LogP contribution in [-0.4, -0.2) is 23.6 Å². The van der Waals surface area contributed by atoms with E-state index in [1.165, 1.54) is 0 Å². The second-order valence-corrected chi connectivity index (χ2v) is 5.53. The molecule has 1 aromatic carbocycles. The molecule has 2 rings (SSSR count). The maximum absolute atomic E-state index is 9.12. The van der Waals surface area contributed by atoms with E-state index in [0.29, 0.717) is 0 Å². The van der Waals surface area contributed by atoms with Gasteiger partial charge < -0.3 is 14.6 Å². The van der Waals surface area contributed by atoms with Crippen molar-refractivity contribution in [3.8, 4) is 11.8 Å². The molecule has 1 atom stereocenters. The van der Waals surface area contributed by atoms with Crippen molar-refractivity contribution in [2.45, 2.75) is 51.6 Å². The lowest BCUT2D eigenvalue weighted by atomic mass is 10.1. The molecule has 0 aliphatic carbocycles. The lowest BCUT2D eigenvalue weighted by Crippen LogP contribution is -2.33. The highest BCUT2D eigenvalue weighted by Gasteiger charge is 2.23. The van der Waals surface area contributed by atoms with Gasteiger partial charge in [-0.25, -0.2) is 0 Å². The molecule has 20 heavy (non-hydrogen) atoms. The van der Waals surface area contributed by atoms with E-state index in [2.05, 4.69) is 11.8 Å². The summed E-state index contributed by atoms with van der Waals surface area (Å²) >= 11 is 0. The molecule has 0 spiro atoms. The molecule has 1 heterocycles. The van der Waals surface area contributed by atoms with Gasteiger partial charge in [-0.15, -0.1) is 0 Å². The molecule has 0 saturated carbocycles. The highest BCUT2D eigenvalue weighted by atomic mass is 16.7. The lowest BCUT2D eigenvalue weighted by molar-refractivity contribution is -0.199. The zero-order valence-electron chi connectivity index (χ0n) is 12.2. The summed E-state index contributed by atoms with van der Waals surface area (Å²) in [6, 6.07) is 7.59. The van der Waals surface area contributed by atoms with Gasteiger partial charge in [0.15, 0.2) is 6.29 Å². The van der Waals surface area contributed by atoms with Crippen LogP contribution in [0, 0.1) is 11.8 Å². The minimum absolute atomic E-state index is 0.0331. The fraction of sp³-hybridized carbons (Fsp3) is 0.529. The first kappa shape index (κ1) is 15.1. The summed E-state index contributed by atoms with van der Waals surface area (Å²) in [5.41, 5.74) is 1.21. The Morgan fingerprint density at radius 2 is 2.25 bits per heavy atom. The minimum Gasteiger partial charge on any atom is -0.392 e. The molecule has 3 nitrogen and oxygen atoms in total. The molecule has 1 aromatic rings. The first-order chi connectivity index (χ1) is 9.59. The topological polar surface area (TPSA) is 38.7 Å². The number of hydrogen-bond donors (Lipinski definition) is 1. The van der Waals surface area contributed by atoms with Crippen molar-refractivity contribution in [3.05, 3.63) is 35.4 Å². The highest BCUT2D eigenvalue weighted by molar-refractivity contribution is 5.38. The van der Waals surface area contributed by atoms with Crippen molar-refractivity contribution in [1.29, 1.82) is 0 Å². The van der Waals surface area contributed by atoms with Gasteiger partial charge in [0.2, 0.25) is 0 Å². The van der Waals surface area contributed by atoms with Gasteiger partial charge in [-0.1, -0.05) is 24.0 Å². The van der Waals surface area contributed by atoms with E-state index in [1.807, 2.05) is 38.1 Å². The molecule has 108 valence electrons. The van der Waals surface area contributed by atoms with Gasteiger partial charge >= 0.3 is 0 Å². The third-order valence-electron chi connectivity index (χ3n) is 3.18. The van der Waals surface area contributed by atoms with Crippen molar-refractivity contribution in [1.82, 2.24) is 0 Å². The molecule has 1 aliphatic rings. The molecule has 1 fully saturated rings. The van der Waals surface area contributed by atoms with Gasteiger partial charge in [-0.3, -0.25) is 0 Å². The Morgan fingerprint density at radius 3 is 2.95 bits per heavy atom. The fourth-order valence-electron chi connectivity index (χ4n) is 2.13. The average molecular weight is 274 g/mol. The first-order valence-corrected chi connectivity index (χ1v) is 7.11. The Balaban J connectivity index is 2.01. The van der Waals surface area contributed by atoms with Gasteiger partial charge in [0.25, 0.3) is 0 Å². The number of aliphatic hydroxyl groups excluding tert-OH is 1. The molecule has 0 aromatic heterocycles. The van der Waals surface area contributed by atoms with Gasteiger partial charge in [0.1, 0.15) is 5.60 Å². The standard InChI is InChI=1S/C17H22O3/c1-17(2,20-16-8-3-4-11-19-16)10-9-14-6-5-7-15(12-14)13-18/h5-7,12,16,18H,3-4,8,11,13H2,1-2H3. The number of rotatable bonds is 3. The predicted molar refractivity (Wildman–Crippen MR) is 78.0 cm³/mol. The largest absolute Gasteiger partial charge is 0.392 e. The van der Waals surface area contributed by atoms with E-state index in [9.17, 15) is 0 Å². The molecule has 1 N–H and O–H groups in total. The molecular formula is C17H22O3. The predicted octanol–water partition coefficient (Wildman–Crippen LogP) is 2.85. The lowest BCUT2D eigenvalue weighted by Gasteiger charge is -2.29. The fourth-order valence-corrected chi connectivity index (χ4v) is 2.13. The summed E-state index contributed by atoms with van der Waals surface area (Å²) in [6.07, 6.45) is 3.05. The number of benzene rings is 1. The van der Waals surface area contributed by atoms with E-state index < -0.39 is 5.60 Å². The second-order valence-electron chi connectivity index (χ2n) is 5.53. The van der Waals surface area contributed by atoms with Gasteiger partial charge in [0, 0.05) is 12.2 Å². The summed E-state index contributed by atoms with van der Waals surface area (Å²) in [7, 11) is 0. The van der Waals surface area contributed by atoms with Crippen LogP contribution >= 0.6 is 0 Å². The zero-order chi connectivity index (χ0) is 14.4. The highest BCUT2D eigenvalue weighted by Crippen LogP contribution is 2.20. The molecule has 1 unspecified atom stereocenters. The van der Waals surface area contributed by atoms with Crippen LogP contribution < -0.4 is 0 Å². The van der Waals surface area contributed by atoms with Crippen molar-refractivity contribution in [2.75, 3.05) is 6.61 Å². The van der Waals surface area contributed by atoms with Crippen LogP contribution in [-0.2, 0) is 16.1 Å². The molecule has 0 amide bonds. The van der Waals surface area contributed by atoms with Crippen LogP contribution in [0.15, 0.2) is 24.3 Å². The van der Waals surface area contributed by atoms with Crippen LogP contribution in [0.4, 0.5) is 0 Å². The Bertz CT molecular complexity index is 490. The van der Waals surface area contributed by atoms with Gasteiger partial charge in [-0.05, 0) is 50.8 Å². The molecule has 1 aliphatic heterocycles. The molecule has 0 radical (unpaired) electrons. The molecule has 0 bridgehead atoms. The average Bonchev–Trinajstić information content (AvgIpc) is 2.46. The van der Waals surface area contributed by atoms with E-state index in [1.54, 1.807) is 0 Å². The Kier molecular flexibility index (Phi) is 5.19. The van der Waals surface area contributed by atoms with E-state index in [0.717, 1.165) is 37.0 Å². The number of aliphatic hydroxyl groups is 1. The summed E-state index contributed by atoms with van der Waals surface area (Å²) in [6.45, 7) is 4.71. The normalized spacial score (nSPS) is 19.2. The third kappa shape index (κ3) is 4.64. The first-order valence-electron chi connectivity index (χ1n) is 7.11. The van der Waals surface area contributed by atoms with Crippen LogP contribution in [0.1, 0.15) is 44.2 Å². The zero-order valence-corrected chi connectivity index (χ0v) is 12.2. The number of ether oxygens (including phenoxy) is 2. The molecular weight excluding hydrogens is 252 g/mol. The Hall–Kier alpha value is -1.34. The quantitative estimate of drug-likeness (QED) is 0.861. The van der Waals surface area contributed by atoms with Crippen molar-refractivity contribution < 1.29 is 14.6 Å². The van der Waals surface area contributed by atoms with Crippen molar-refractivity contribution in [2.24, 2.45) is 0 Å². The van der Waals surface area contributed by atoms with Gasteiger partial charge in [0.05, 0.1) is 6.61 Å². The van der Waals surface area contributed by atoms with Crippen LogP contribution in [0.3, 0.4) is 0 Å². The summed E-state index contributed by atoms with van der Waals surface area (Å²) in [4.78, 5) is 0. The maximum Gasteiger partial charge on any atom is 0.159 e. The summed E-state index contributed by atoms with van der Waals surface area (Å²) in [5, 5.41) is 9.12. The van der Waals surface area contributed by atoms with E-state index in [4.69, 9.17) is 14.6 Å². The Labute approximate surface area is 120 Å². The third-order valence-corrected chi connectivity index (χ3v) is 3.18. The minimum atomic E-state index is -0.544. The molecule has 3 heteroatoms. The smallest absolute Gasteiger partial charge is 0.159 e. The van der Waals surface area contributed by atoms with Crippen molar-refractivity contribution in [3.63, 3.8) is 0 Å². The van der Waals surface area contributed by atoms with Crippen LogP contribution in [0.25, 0.3) is 0 Å². The summed E-state index contributed by atoms with van der Waals surface area (Å²) in [5.74, 6) is 6.25. The monoisotopic (exact) mass is 274 g/mol. The summed E-state index contributed by atoms with van der Waals surface area (Å²) < 4.78 is 11.5. The Morgan fingerprint density at radius 1 is 1.40 bits per heavy atom. The van der Waals surface area contributed by atoms with E-state index in [-0.39, 0.29) is 12.9 Å². The second kappa shape index (κ2) is 6.90. The van der Waals surface area contributed by atoms with Crippen LogP contribution in [0.5, 0.6) is 0 Å². The van der Waals surface area contributed by atoms with Crippen molar-refractivity contribution >= 4 is 0 Å². The van der Waals surface area contributed by atoms with E-state index >= 15 is 0 Å². The number of hydrogen-bond acceptors (Lipinski definition) is 3. The van der Waals surface area contributed by atoms with Crippen LogP contribution in [0.2, 0.25) is 0 Å². The van der Waals surface area contributed by atoms with Gasteiger partial charge in [-0.2, -0.15) is 0 Å².